The van der Waals surface area contributed by atoms with Crippen LogP contribution in [0.25, 0.3) is 10.2 Å². The molecule has 1 fully saturated rings. The van der Waals surface area contributed by atoms with Crippen molar-refractivity contribution in [2.45, 2.75) is 39.2 Å². The Kier molecular flexibility index (Phi) is 5.46. The molecular weight excluding hydrogens is 426 g/mol. The van der Waals surface area contributed by atoms with Gasteiger partial charge >= 0.3 is 0 Å². The normalized spacial score (nSPS) is 20.3. The third kappa shape index (κ3) is 3.69. The van der Waals surface area contributed by atoms with Crippen molar-refractivity contribution in [2.75, 3.05) is 31.1 Å². The van der Waals surface area contributed by atoms with Crippen molar-refractivity contribution in [3.8, 4) is 0 Å². The fraction of sp³-hybridized carbons (Fsp3) is 0.478. The molecule has 5 rings (SSSR count). The van der Waals surface area contributed by atoms with E-state index in [1.165, 1.54) is 10.4 Å². The Labute approximate surface area is 190 Å². The maximum absolute atomic E-state index is 13.0. The second kappa shape index (κ2) is 8.29. The molecule has 9 heteroatoms. The first-order chi connectivity index (χ1) is 15.4. The van der Waals surface area contributed by atoms with Crippen LogP contribution in [-0.4, -0.2) is 46.0 Å². The molecule has 1 saturated heterocycles. The predicted octanol–water partition coefficient (Wildman–Crippen LogP) is 3.90. The summed E-state index contributed by atoms with van der Waals surface area (Å²) in [4.78, 5) is 38.5. The van der Waals surface area contributed by atoms with E-state index in [9.17, 15) is 14.9 Å². The van der Waals surface area contributed by atoms with Crippen LogP contribution >= 0.6 is 11.3 Å². The predicted molar refractivity (Wildman–Crippen MR) is 127 cm³/mol. The van der Waals surface area contributed by atoms with Gasteiger partial charge in [0.1, 0.15) is 16.3 Å². The molecular formula is C23H27N5O3S. The van der Waals surface area contributed by atoms with Gasteiger partial charge in [0.25, 0.3) is 11.2 Å². The van der Waals surface area contributed by atoms with Gasteiger partial charge in [-0.25, -0.2) is 4.98 Å². The van der Waals surface area contributed by atoms with Gasteiger partial charge < -0.3 is 9.88 Å². The second-order valence-corrected chi connectivity index (χ2v) is 10.0. The molecule has 1 aliphatic carbocycles. The molecule has 2 aromatic heterocycles. The van der Waals surface area contributed by atoms with Crippen LogP contribution in [0.4, 0.5) is 11.4 Å². The minimum absolute atomic E-state index is 0.0255. The Bertz CT molecular complexity index is 1230. The lowest BCUT2D eigenvalue weighted by Crippen LogP contribution is -2.47. The molecule has 1 N–H and O–H groups in total. The number of rotatable bonds is 4. The molecule has 8 nitrogen and oxygen atoms in total. The Morgan fingerprint density at radius 1 is 1.25 bits per heavy atom. The number of nitrogens with one attached hydrogen (secondary N) is 1. The smallest absolute Gasteiger partial charge is 0.292 e. The first kappa shape index (κ1) is 21.1. The second-order valence-electron chi connectivity index (χ2n) is 8.93. The van der Waals surface area contributed by atoms with E-state index in [1.807, 2.05) is 12.1 Å². The van der Waals surface area contributed by atoms with Gasteiger partial charge in [-0.3, -0.25) is 19.8 Å². The topological polar surface area (TPSA) is 95.4 Å². The molecule has 3 heterocycles. The van der Waals surface area contributed by atoms with Gasteiger partial charge in [0, 0.05) is 37.1 Å². The maximum Gasteiger partial charge on any atom is 0.292 e. The van der Waals surface area contributed by atoms with E-state index < -0.39 is 0 Å². The quantitative estimate of drug-likeness (QED) is 0.475. The highest BCUT2D eigenvalue weighted by Gasteiger charge is 2.28. The average molecular weight is 454 g/mol. The highest BCUT2D eigenvalue weighted by molar-refractivity contribution is 7.18. The molecule has 32 heavy (non-hydrogen) atoms. The number of nitro groups is 1. The van der Waals surface area contributed by atoms with Gasteiger partial charge in [0.2, 0.25) is 0 Å². The molecule has 1 aliphatic heterocycles. The minimum atomic E-state index is -0.324. The molecule has 168 valence electrons. The molecule has 2 unspecified atom stereocenters. The zero-order valence-electron chi connectivity index (χ0n) is 18.3. The van der Waals surface area contributed by atoms with Gasteiger partial charge in [-0.2, -0.15) is 0 Å². The molecule has 3 aromatic rings. The fourth-order valence-electron chi connectivity index (χ4n) is 4.97. The van der Waals surface area contributed by atoms with E-state index in [-0.39, 0.29) is 22.2 Å². The van der Waals surface area contributed by atoms with Crippen molar-refractivity contribution in [3.05, 3.63) is 61.0 Å². The van der Waals surface area contributed by atoms with E-state index in [0.717, 1.165) is 42.6 Å². The summed E-state index contributed by atoms with van der Waals surface area (Å²) in [5.74, 6) is 1.36. The number of hydrogen-bond acceptors (Lipinski definition) is 7. The molecule has 0 bridgehead atoms. The minimum Gasteiger partial charge on any atom is -0.363 e. The lowest BCUT2D eigenvalue weighted by Gasteiger charge is -2.38. The van der Waals surface area contributed by atoms with Crippen LogP contribution in [0.15, 0.2) is 29.1 Å². The number of aromatic amines is 1. The third-order valence-corrected chi connectivity index (χ3v) is 8.01. The number of aromatic nitrogens is 2. The Morgan fingerprint density at radius 2 is 2.00 bits per heavy atom. The molecule has 1 aromatic carbocycles. The SMILES string of the molecule is CC1CCc2c(sc3nc(C(C)N4CCN(c5ccccc5[N+](=O)[O-])CC4)[nH]c(=O)c23)C1. The molecule has 0 spiro atoms. The summed E-state index contributed by atoms with van der Waals surface area (Å²) in [5.41, 5.74) is 1.98. The van der Waals surface area contributed by atoms with E-state index in [1.54, 1.807) is 23.5 Å². The lowest BCUT2D eigenvalue weighted by atomic mass is 9.89. The van der Waals surface area contributed by atoms with Crippen LogP contribution in [0.1, 0.15) is 42.6 Å². The average Bonchev–Trinajstić information content (AvgIpc) is 3.16. The van der Waals surface area contributed by atoms with Crippen LogP contribution in [0.2, 0.25) is 0 Å². The highest BCUT2D eigenvalue weighted by atomic mass is 32.1. The zero-order chi connectivity index (χ0) is 22.4. The van der Waals surface area contributed by atoms with E-state index >= 15 is 0 Å². The number of piperazine rings is 1. The van der Waals surface area contributed by atoms with Crippen molar-refractivity contribution in [1.82, 2.24) is 14.9 Å². The van der Waals surface area contributed by atoms with Crippen molar-refractivity contribution in [3.63, 3.8) is 0 Å². The summed E-state index contributed by atoms with van der Waals surface area (Å²) in [6.07, 6.45) is 3.12. The summed E-state index contributed by atoms with van der Waals surface area (Å²) < 4.78 is 0. The molecule has 0 saturated carbocycles. The van der Waals surface area contributed by atoms with Gasteiger partial charge in [0.05, 0.1) is 16.4 Å². The summed E-state index contributed by atoms with van der Waals surface area (Å²) in [6, 6.07) is 6.86. The summed E-state index contributed by atoms with van der Waals surface area (Å²) in [5, 5.41) is 12.2. The summed E-state index contributed by atoms with van der Waals surface area (Å²) >= 11 is 1.68. The van der Waals surface area contributed by atoms with Gasteiger partial charge in [-0.15, -0.1) is 11.3 Å². The highest BCUT2D eigenvalue weighted by Crippen LogP contribution is 2.36. The number of benzene rings is 1. The molecule has 0 amide bonds. The van der Waals surface area contributed by atoms with Crippen LogP contribution in [0.5, 0.6) is 0 Å². The summed E-state index contributed by atoms with van der Waals surface area (Å²) in [6.45, 7) is 7.20. The number of fused-ring (bicyclic) bond motifs is 3. The zero-order valence-corrected chi connectivity index (χ0v) is 19.2. The number of anilines is 1. The number of H-pyrrole nitrogens is 1. The van der Waals surface area contributed by atoms with Crippen molar-refractivity contribution in [1.29, 1.82) is 0 Å². The molecule has 0 radical (unpaired) electrons. The Hall–Kier alpha value is -2.78. The summed E-state index contributed by atoms with van der Waals surface area (Å²) in [7, 11) is 0. The molecule has 2 atom stereocenters. The van der Waals surface area contributed by atoms with Crippen LogP contribution in [0, 0.1) is 16.0 Å². The lowest BCUT2D eigenvalue weighted by molar-refractivity contribution is -0.384. The number of nitrogens with zero attached hydrogens (tertiary/aromatic N) is 4. The third-order valence-electron chi connectivity index (χ3n) is 6.86. The standard InChI is InChI=1S/C23H27N5O3S/c1-14-7-8-16-19(13-14)32-23-20(16)22(29)24-21(25-23)15(2)26-9-11-27(12-10-26)17-5-3-4-6-18(17)28(30)31/h3-6,14-15H,7-13H2,1-2H3,(H,24,25,29). The Morgan fingerprint density at radius 3 is 2.75 bits per heavy atom. The molecule has 2 aliphatic rings. The van der Waals surface area contributed by atoms with Crippen LogP contribution in [0.3, 0.4) is 0 Å². The number of aryl methyl sites for hydroxylation is 1. The monoisotopic (exact) mass is 453 g/mol. The largest absolute Gasteiger partial charge is 0.363 e. The van der Waals surface area contributed by atoms with Gasteiger partial charge in [-0.1, -0.05) is 19.1 Å². The fourth-order valence-corrected chi connectivity index (χ4v) is 6.36. The Balaban J connectivity index is 1.35. The van der Waals surface area contributed by atoms with E-state index in [4.69, 9.17) is 4.98 Å². The van der Waals surface area contributed by atoms with Crippen LogP contribution in [-0.2, 0) is 12.8 Å². The first-order valence-corrected chi connectivity index (χ1v) is 12.0. The van der Waals surface area contributed by atoms with E-state index in [2.05, 4.69) is 28.6 Å². The van der Waals surface area contributed by atoms with Crippen molar-refractivity contribution >= 4 is 32.9 Å². The number of nitro benzene ring substituents is 1. The van der Waals surface area contributed by atoms with Gasteiger partial charge in [-0.05, 0) is 43.7 Å². The van der Waals surface area contributed by atoms with Crippen molar-refractivity contribution in [2.24, 2.45) is 5.92 Å². The number of para-hydroxylation sites is 2. The van der Waals surface area contributed by atoms with E-state index in [0.29, 0.717) is 30.5 Å². The maximum atomic E-state index is 13.0. The number of thiophene rings is 1. The van der Waals surface area contributed by atoms with Crippen LogP contribution < -0.4 is 10.5 Å². The first-order valence-electron chi connectivity index (χ1n) is 11.2. The van der Waals surface area contributed by atoms with Gasteiger partial charge in [0.15, 0.2) is 0 Å². The van der Waals surface area contributed by atoms with Crippen molar-refractivity contribution < 1.29 is 4.92 Å². The number of hydrogen-bond donors (Lipinski definition) is 1.